The van der Waals surface area contributed by atoms with E-state index in [4.69, 9.17) is 21.3 Å². The van der Waals surface area contributed by atoms with Crippen molar-refractivity contribution in [3.05, 3.63) is 34.9 Å². The first-order valence-electron chi connectivity index (χ1n) is 8.63. The molecule has 5 nitrogen and oxygen atoms in total. The van der Waals surface area contributed by atoms with Gasteiger partial charge in [-0.1, -0.05) is 23.7 Å². The number of hydrogen-bond acceptors (Lipinski definition) is 3. The van der Waals surface area contributed by atoms with Crippen LogP contribution in [0.3, 0.4) is 0 Å². The number of nitrogens with zero attached hydrogens (tertiary/aromatic N) is 1. The molecule has 0 spiro atoms. The molecule has 1 aliphatic heterocycles. The molecule has 1 unspecified atom stereocenters. The smallest absolute Gasteiger partial charge is 0.191 e. The normalized spacial score (nSPS) is 20.2. The Balaban J connectivity index is 0.00000312. The number of hydrogen-bond donors (Lipinski definition) is 3. The van der Waals surface area contributed by atoms with Gasteiger partial charge in [0.05, 0.1) is 13.2 Å². The van der Waals surface area contributed by atoms with Crippen molar-refractivity contribution in [2.24, 2.45) is 10.4 Å². The lowest BCUT2D eigenvalue weighted by atomic mass is 9.84. The molecule has 1 aromatic rings. The highest BCUT2D eigenvalue weighted by Crippen LogP contribution is 2.32. The van der Waals surface area contributed by atoms with E-state index in [-0.39, 0.29) is 36.0 Å². The highest BCUT2D eigenvalue weighted by Gasteiger charge is 2.34. The topological polar surface area (TPSA) is 65.9 Å². The van der Waals surface area contributed by atoms with E-state index in [2.05, 4.69) is 17.6 Å². The molecule has 7 heteroatoms. The van der Waals surface area contributed by atoms with Gasteiger partial charge in [0.25, 0.3) is 0 Å². The quantitative estimate of drug-likeness (QED) is 0.303. The average Bonchev–Trinajstić information content (AvgIpc) is 3.04. The summed E-state index contributed by atoms with van der Waals surface area (Å²) in [6, 6.07) is 7.91. The van der Waals surface area contributed by atoms with Crippen LogP contribution in [-0.4, -0.2) is 50.5 Å². The second-order valence-corrected chi connectivity index (χ2v) is 6.71. The van der Waals surface area contributed by atoms with E-state index in [1.165, 1.54) is 5.56 Å². The lowest BCUT2D eigenvalue weighted by Gasteiger charge is -2.24. The van der Waals surface area contributed by atoms with E-state index in [0.717, 1.165) is 49.9 Å². The number of guanidine groups is 1. The molecule has 1 atom stereocenters. The summed E-state index contributed by atoms with van der Waals surface area (Å²) < 4.78 is 5.52. The van der Waals surface area contributed by atoms with E-state index >= 15 is 0 Å². The van der Waals surface area contributed by atoms with Gasteiger partial charge >= 0.3 is 0 Å². The van der Waals surface area contributed by atoms with Crippen LogP contribution in [-0.2, 0) is 11.2 Å². The third-order valence-electron chi connectivity index (χ3n) is 4.36. The Morgan fingerprint density at radius 2 is 2.08 bits per heavy atom. The van der Waals surface area contributed by atoms with Gasteiger partial charge in [-0.05, 0) is 43.9 Å². The van der Waals surface area contributed by atoms with Gasteiger partial charge in [-0.25, -0.2) is 0 Å². The van der Waals surface area contributed by atoms with Crippen LogP contribution in [0.1, 0.15) is 25.3 Å². The Hall–Kier alpha value is -0.570. The fourth-order valence-electron chi connectivity index (χ4n) is 2.85. The number of rotatable bonds is 8. The van der Waals surface area contributed by atoms with Crippen LogP contribution in [0.25, 0.3) is 0 Å². The molecule has 0 radical (unpaired) electrons. The minimum absolute atomic E-state index is 0. The molecular formula is C18H29ClIN3O2. The second-order valence-electron chi connectivity index (χ2n) is 6.27. The summed E-state index contributed by atoms with van der Waals surface area (Å²) in [6.45, 7) is 5.96. The lowest BCUT2D eigenvalue weighted by Crippen LogP contribution is -2.39. The van der Waals surface area contributed by atoms with E-state index in [1.54, 1.807) is 0 Å². The molecule has 0 aliphatic carbocycles. The van der Waals surface area contributed by atoms with E-state index in [9.17, 15) is 5.11 Å². The molecule has 1 fully saturated rings. The van der Waals surface area contributed by atoms with Crippen LogP contribution < -0.4 is 10.6 Å². The summed E-state index contributed by atoms with van der Waals surface area (Å²) in [7, 11) is 0. The maximum atomic E-state index is 9.30. The predicted octanol–water partition coefficient (Wildman–Crippen LogP) is 2.84. The molecule has 0 bridgehead atoms. The van der Waals surface area contributed by atoms with E-state index < -0.39 is 0 Å². The molecule has 25 heavy (non-hydrogen) atoms. The minimum Gasteiger partial charge on any atom is -0.396 e. The molecule has 0 amide bonds. The van der Waals surface area contributed by atoms with Gasteiger partial charge < -0.3 is 20.5 Å². The number of benzene rings is 1. The van der Waals surface area contributed by atoms with Crippen LogP contribution in [0.2, 0.25) is 5.02 Å². The van der Waals surface area contributed by atoms with E-state index in [1.807, 2.05) is 24.3 Å². The molecule has 0 saturated carbocycles. The molecule has 1 saturated heterocycles. The molecule has 1 heterocycles. The molecule has 1 aliphatic rings. The highest BCUT2D eigenvalue weighted by atomic mass is 127. The highest BCUT2D eigenvalue weighted by molar-refractivity contribution is 14.0. The maximum Gasteiger partial charge on any atom is 0.191 e. The number of ether oxygens (including phenoxy) is 1. The van der Waals surface area contributed by atoms with Crippen LogP contribution in [0.15, 0.2) is 29.3 Å². The standard InChI is InChI=1S/C18H28ClN3O2.HI/c1-2-20-17(21-10-7-15-3-5-16(19)6-4-15)22-13-18(8-11-23)9-12-24-14-18;/h3-6,23H,2,7-14H2,1H3,(H2,20,21,22);1H. The fraction of sp³-hybridized carbons (Fsp3) is 0.611. The minimum atomic E-state index is -0.0206. The van der Waals surface area contributed by atoms with Crippen molar-refractivity contribution in [1.29, 1.82) is 0 Å². The van der Waals surface area contributed by atoms with Gasteiger partial charge in [-0.2, -0.15) is 0 Å². The SMILES string of the molecule is CCNC(=NCC1(CCO)CCOC1)NCCc1ccc(Cl)cc1.I. The van der Waals surface area contributed by atoms with Crippen molar-refractivity contribution >= 4 is 41.5 Å². The van der Waals surface area contributed by atoms with Gasteiger partial charge in [-0.15, -0.1) is 24.0 Å². The first kappa shape index (κ1) is 22.5. The molecular weight excluding hydrogens is 453 g/mol. The third kappa shape index (κ3) is 7.68. The van der Waals surface area contributed by atoms with Crippen molar-refractivity contribution in [3.8, 4) is 0 Å². The Kier molecular flexibility index (Phi) is 10.7. The molecule has 1 aromatic carbocycles. The number of nitrogens with one attached hydrogen (secondary N) is 2. The summed E-state index contributed by atoms with van der Waals surface area (Å²) >= 11 is 5.91. The van der Waals surface area contributed by atoms with Gasteiger partial charge in [0.2, 0.25) is 0 Å². The van der Waals surface area contributed by atoms with Gasteiger partial charge in [0.15, 0.2) is 5.96 Å². The summed E-state index contributed by atoms with van der Waals surface area (Å²) in [5.41, 5.74) is 1.22. The lowest BCUT2D eigenvalue weighted by molar-refractivity contribution is 0.131. The Morgan fingerprint density at radius 1 is 1.32 bits per heavy atom. The molecule has 0 aromatic heterocycles. The van der Waals surface area contributed by atoms with Crippen LogP contribution in [0.5, 0.6) is 0 Å². The summed E-state index contributed by atoms with van der Waals surface area (Å²) in [5, 5.41) is 16.7. The second kappa shape index (κ2) is 11.9. The predicted molar refractivity (Wildman–Crippen MR) is 114 cm³/mol. The summed E-state index contributed by atoms with van der Waals surface area (Å²) in [5.74, 6) is 0.815. The monoisotopic (exact) mass is 481 g/mol. The zero-order valence-electron chi connectivity index (χ0n) is 14.8. The van der Waals surface area contributed by atoms with Crippen molar-refractivity contribution in [2.45, 2.75) is 26.2 Å². The number of aliphatic hydroxyl groups is 1. The van der Waals surface area contributed by atoms with Gasteiger partial charge in [0, 0.05) is 36.7 Å². The van der Waals surface area contributed by atoms with Crippen molar-refractivity contribution in [3.63, 3.8) is 0 Å². The first-order valence-corrected chi connectivity index (χ1v) is 9.00. The number of aliphatic hydroxyl groups excluding tert-OH is 1. The Labute approximate surface area is 172 Å². The van der Waals surface area contributed by atoms with Crippen molar-refractivity contribution in [2.75, 3.05) is 39.5 Å². The molecule has 142 valence electrons. The van der Waals surface area contributed by atoms with Crippen LogP contribution in [0, 0.1) is 5.41 Å². The molecule has 2 rings (SSSR count). The average molecular weight is 482 g/mol. The Morgan fingerprint density at radius 3 is 2.68 bits per heavy atom. The van der Waals surface area contributed by atoms with Crippen LogP contribution >= 0.6 is 35.6 Å². The van der Waals surface area contributed by atoms with Crippen molar-refractivity contribution < 1.29 is 9.84 Å². The fourth-order valence-corrected chi connectivity index (χ4v) is 2.98. The maximum absolute atomic E-state index is 9.30. The summed E-state index contributed by atoms with van der Waals surface area (Å²) in [6.07, 6.45) is 2.61. The number of aliphatic imine (C=N–C) groups is 1. The van der Waals surface area contributed by atoms with E-state index in [0.29, 0.717) is 13.2 Å². The largest absolute Gasteiger partial charge is 0.396 e. The summed E-state index contributed by atoms with van der Waals surface area (Å²) in [4.78, 5) is 4.71. The zero-order valence-corrected chi connectivity index (χ0v) is 17.8. The Bertz CT molecular complexity index is 520. The molecule has 3 N–H and O–H groups in total. The number of halogens is 2. The van der Waals surface area contributed by atoms with Crippen LogP contribution in [0.4, 0.5) is 0 Å². The van der Waals surface area contributed by atoms with Gasteiger partial charge in [-0.3, -0.25) is 4.99 Å². The zero-order chi connectivity index (χ0) is 17.3. The first-order chi connectivity index (χ1) is 11.7. The van der Waals surface area contributed by atoms with Gasteiger partial charge in [0.1, 0.15) is 0 Å². The third-order valence-corrected chi connectivity index (χ3v) is 4.62. The van der Waals surface area contributed by atoms with Crippen molar-refractivity contribution in [1.82, 2.24) is 10.6 Å².